The summed E-state index contributed by atoms with van der Waals surface area (Å²) in [6.45, 7) is 11.9. The van der Waals surface area contributed by atoms with Crippen LogP contribution >= 0.6 is 0 Å². The lowest BCUT2D eigenvalue weighted by Crippen LogP contribution is -2.29. The summed E-state index contributed by atoms with van der Waals surface area (Å²) in [4.78, 5) is 24.7. The van der Waals surface area contributed by atoms with Crippen LogP contribution in [0.2, 0.25) is 0 Å². The lowest BCUT2D eigenvalue weighted by Gasteiger charge is -2.18. The van der Waals surface area contributed by atoms with E-state index < -0.39 is 12.0 Å². The minimum atomic E-state index is -0.604. The van der Waals surface area contributed by atoms with E-state index in [0.29, 0.717) is 42.6 Å². The van der Waals surface area contributed by atoms with Crippen molar-refractivity contribution in [1.29, 1.82) is 0 Å². The molecule has 35 heavy (non-hydrogen) atoms. The molecule has 0 aliphatic heterocycles. The standard InChI is InChI=1S/C28H31NO6/c1-5-15-33-23-10-8-9-22(19-23)24(20-28(31)32-4)29-27(30)14-12-21-11-13-25(34-16-6-2)26(18-21)35-17-7-3/h5-14,18-19,24H,1-3,15-17,20H2,4H3,(H,29,30)/b14-12+. The van der Waals surface area contributed by atoms with Crippen LogP contribution in [0.15, 0.2) is 86.5 Å². The molecule has 1 atom stereocenters. The molecule has 2 aromatic carbocycles. The predicted octanol–water partition coefficient (Wildman–Crippen LogP) is 4.81. The van der Waals surface area contributed by atoms with Gasteiger partial charge in [-0.25, -0.2) is 0 Å². The predicted molar refractivity (Wildman–Crippen MR) is 137 cm³/mol. The molecule has 7 heteroatoms. The highest BCUT2D eigenvalue weighted by molar-refractivity contribution is 5.92. The van der Waals surface area contributed by atoms with Crippen LogP contribution in [0, 0.1) is 0 Å². The number of carbonyl (C=O) groups is 2. The number of hydrogen-bond donors (Lipinski definition) is 1. The SMILES string of the molecule is C=CCOc1cccc(C(CC(=O)OC)NC(=O)/C=C/c2ccc(OCC=C)c(OCC=C)c2)c1. The molecule has 0 saturated heterocycles. The summed E-state index contributed by atoms with van der Waals surface area (Å²) in [6, 6.07) is 11.9. The molecule has 0 aromatic heterocycles. The fourth-order valence-corrected chi connectivity index (χ4v) is 3.03. The Bertz CT molecular complexity index is 1060. The number of hydrogen-bond acceptors (Lipinski definition) is 6. The largest absolute Gasteiger partial charge is 0.490 e. The van der Waals surface area contributed by atoms with E-state index in [0.717, 1.165) is 5.56 Å². The zero-order valence-corrected chi connectivity index (χ0v) is 19.9. The summed E-state index contributed by atoms with van der Waals surface area (Å²) in [5.74, 6) is 0.861. The zero-order chi connectivity index (χ0) is 25.5. The molecule has 0 aliphatic carbocycles. The van der Waals surface area contributed by atoms with Gasteiger partial charge in [0.15, 0.2) is 11.5 Å². The maximum absolute atomic E-state index is 12.7. The van der Waals surface area contributed by atoms with Gasteiger partial charge in [0.1, 0.15) is 25.6 Å². The number of methoxy groups -OCH3 is 1. The highest BCUT2D eigenvalue weighted by Crippen LogP contribution is 2.29. The van der Waals surface area contributed by atoms with Gasteiger partial charge in [-0.1, -0.05) is 56.2 Å². The minimum absolute atomic E-state index is 0.0319. The first-order valence-corrected chi connectivity index (χ1v) is 11.0. The van der Waals surface area contributed by atoms with E-state index in [9.17, 15) is 9.59 Å². The van der Waals surface area contributed by atoms with Gasteiger partial charge in [-0.15, -0.1) is 0 Å². The Morgan fingerprint density at radius 2 is 1.60 bits per heavy atom. The zero-order valence-electron chi connectivity index (χ0n) is 19.9. The highest BCUT2D eigenvalue weighted by atomic mass is 16.5. The van der Waals surface area contributed by atoms with Crippen molar-refractivity contribution in [3.8, 4) is 17.2 Å². The molecule has 0 spiro atoms. The lowest BCUT2D eigenvalue weighted by atomic mass is 10.0. The Labute approximate surface area is 206 Å². The monoisotopic (exact) mass is 477 g/mol. The summed E-state index contributed by atoms with van der Waals surface area (Å²) in [5.41, 5.74) is 1.44. The van der Waals surface area contributed by atoms with Crippen molar-refractivity contribution in [2.24, 2.45) is 0 Å². The van der Waals surface area contributed by atoms with Gasteiger partial charge in [-0.2, -0.15) is 0 Å². The van der Waals surface area contributed by atoms with E-state index in [2.05, 4.69) is 25.1 Å². The van der Waals surface area contributed by atoms with Gasteiger partial charge in [0.05, 0.1) is 19.6 Å². The van der Waals surface area contributed by atoms with Crippen LogP contribution in [0.3, 0.4) is 0 Å². The van der Waals surface area contributed by atoms with Gasteiger partial charge in [0.25, 0.3) is 0 Å². The third-order valence-corrected chi connectivity index (χ3v) is 4.65. The Morgan fingerprint density at radius 1 is 0.914 bits per heavy atom. The third kappa shape index (κ3) is 9.25. The van der Waals surface area contributed by atoms with Crippen LogP contribution < -0.4 is 19.5 Å². The molecule has 0 radical (unpaired) electrons. The van der Waals surface area contributed by atoms with Gasteiger partial charge >= 0.3 is 5.97 Å². The molecule has 0 bridgehead atoms. The van der Waals surface area contributed by atoms with Crippen LogP contribution in [0.4, 0.5) is 0 Å². The van der Waals surface area contributed by atoms with Crippen LogP contribution in [-0.4, -0.2) is 38.8 Å². The molecule has 0 heterocycles. The molecular formula is C28H31NO6. The van der Waals surface area contributed by atoms with Crippen LogP contribution in [-0.2, 0) is 14.3 Å². The number of esters is 1. The quantitative estimate of drug-likeness (QED) is 0.225. The van der Waals surface area contributed by atoms with Gasteiger partial charge in [-0.05, 0) is 41.5 Å². The van der Waals surface area contributed by atoms with Crippen molar-refractivity contribution in [1.82, 2.24) is 5.32 Å². The van der Waals surface area contributed by atoms with Gasteiger partial charge < -0.3 is 24.3 Å². The fourth-order valence-electron chi connectivity index (χ4n) is 3.03. The second kappa shape index (κ2) is 14.8. The normalized spacial score (nSPS) is 11.2. The third-order valence-electron chi connectivity index (χ3n) is 4.65. The first-order chi connectivity index (χ1) is 17.0. The summed E-state index contributed by atoms with van der Waals surface area (Å²) < 4.78 is 21.6. The summed E-state index contributed by atoms with van der Waals surface area (Å²) in [5, 5.41) is 2.86. The van der Waals surface area contributed by atoms with Crippen LogP contribution in [0.5, 0.6) is 17.2 Å². The van der Waals surface area contributed by atoms with E-state index in [1.54, 1.807) is 60.7 Å². The molecule has 0 saturated carbocycles. The Kier molecular flexibility index (Phi) is 11.4. The molecule has 1 amide bonds. The summed E-state index contributed by atoms with van der Waals surface area (Å²) in [6.07, 6.45) is 7.91. The van der Waals surface area contributed by atoms with E-state index in [1.165, 1.54) is 13.2 Å². The van der Waals surface area contributed by atoms with E-state index in [4.69, 9.17) is 18.9 Å². The minimum Gasteiger partial charge on any atom is -0.490 e. The molecule has 0 aliphatic rings. The molecule has 1 N–H and O–H groups in total. The van der Waals surface area contributed by atoms with E-state index in [-0.39, 0.29) is 12.3 Å². The maximum atomic E-state index is 12.7. The maximum Gasteiger partial charge on any atom is 0.307 e. The number of nitrogens with one attached hydrogen (secondary N) is 1. The highest BCUT2D eigenvalue weighted by Gasteiger charge is 2.19. The smallest absolute Gasteiger partial charge is 0.307 e. The molecule has 2 aromatic rings. The van der Waals surface area contributed by atoms with Crippen molar-refractivity contribution in [3.63, 3.8) is 0 Å². The van der Waals surface area contributed by atoms with Gasteiger partial charge in [-0.3, -0.25) is 9.59 Å². The number of rotatable bonds is 15. The Hall–Kier alpha value is -4.26. The average molecular weight is 478 g/mol. The first-order valence-electron chi connectivity index (χ1n) is 11.0. The van der Waals surface area contributed by atoms with Crippen molar-refractivity contribution in [3.05, 3.63) is 97.6 Å². The molecule has 7 nitrogen and oxygen atoms in total. The number of carbonyl (C=O) groups excluding carboxylic acids is 2. The van der Waals surface area contributed by atoms with Gasteiger partial charge in [0, 0.05) is 6.08 Å². The van der Waals surface area contributed by atoms with Crippen LogP contribution in [0.25, 0.3) is 6.08 Å². The number of benzene rings is 2. The van der Waals surface area contributed by atoms with Crippen molar-refractivity contribution in [2.75, 3.05) is 26.9 Å². The Balaban J connectivity index is 2.18. The molecule has 0 fully saturated rings. The van der Waals surface area contributed by atoms with Crippen molar-refractivity contribution in [2.45, 2.75) is 12.5 Å². The molecular weight excluding hydrogens is 446 g/mol. The molecule has 184 valence electrons. The van der Waals surface area contributed by atoms with E-state index in [1.807, 2.05) is 6.07 Å². The van der Waals surface area contributed by atoms with Gasteiger partial charge in [0.2, 0.25) is 5.91 Å². The second-order valence-electron chi connectivity index (χ2n) is 7.25. The number of ether oxygens (including phenoxy) is 4. The molecule has 1 unspecified atom stereocenters. The topological polar surface area (TPSA) is 83.1 Å². The van der Waals surface area contributed by atoms with Crippen molar-refractivity contribution >= 4 is 18.0 Å². The summed E-state index contributed by atoms with van der Waals surface area (Å²) in [7, 11) is 1.30. The fraction of sp³-hybridized carbons (Fsp3) is 0.214. The Morgan fingerprint density at radius 3 is 2.29 bits per heavy atom. The number of amides is 1. The average Bonchev–Trinajstić information content (AvgIpc) is 2.88. The first kappa shape index (κ1) is 27.0. The second-order valence-corrected chi connectivity index (χ2v) is 7.25. The lowest BCUT2D eigenvalue weighted by molar-refractivity contribution is -0.141. The van der Waals surface area contributed by atoms with E-state index >= 15 is 0 Å². The summed E-state index contributed by atoms with van der Waals surface area (Å²) >= 11 is 0. The van der Waals surface area contributed by atoms with Crippen LogP contribution in [0.1, 0.15) is 23.6 Å². The van der Waals surface area contributed by atoms with Crippen molar-refractivity contribution < 1.29 is 28.5 Å². The molecule has 2 rings (SSSR count).